The van der Waals surface area contributed by atoms with Gasteiger partial charge in [-0.15, -0.1) is 0 Å². The number of rotatable bonds is 6. The van der Waals surface area contributed by atoms with E-state index in [1.807, 2.05) is 0 Å². The average molecular weight is 220 g/mol. The fourth-order valence-corrected chi connectivity index (χ4v) is 1.99. The van der Waals surface area contributed by atoms with Gasteiger partial charge in [0.1, 0.15) is 0 Å². The van der Waals surface area contributed by atoms with Gasteiger partial charge in [0.25, 0.3) is 0 Å². The summed E-state index contributed by atoms with van der Waals surface area (Å²) >= 11 is 0. The summed E-state index contributed by atoms with van der Waals surface area (Å²) in [5, 5.41) is 0. The second kappa shape index (κ2) is 6.54. The van der Waals surface area contributed by atoms with Crippen molar-refractivity contribution in [2.45, 2.75) is 27.2 Å². The van der Waals surface area contributed by atoms with Crippen molar-refractivity contribution in [1.82, 2.24) is 0 Å². The quantitative estimate of drug-likeness (QED) is 0.798. The molecule has 0 heterocycles. The van der Waals surface area contributed by atoms with Crippen LogP contribution >= 0.6 is 0 Å². The van der Waals surface area contributed by atoms with Crippen molar-refractivity contribution in [2.75, 3.05) is 24.5 Å². The van der Waals surface area contributed by atoms with Crippen LogP contribution in [0, 0.1) is 12.8 Å². The van der Waals surface area contributed by atoms with E-state index in [1.54, 1.807) is 0 Å². The Morgan fingerprint density at radius 2 is 2.12 bits per heavy atom. The number of nitrogens with two attached hydrogens (primary N) is 1. The van der Waals surface area contributed by atoms with E-state index < -0.39 is 0 Å². The van der Waals surface area contributed by atoms with Crippen molar-refractivity contribution in [3.05, 3.63) is 29.8 Å². The Labute approximate surface area is 99.5 Å². The standard InChI is InChI=1S/C14H24N2/c1-4-16(11-13(3)8-9-15)14-7-5-6-12(2)10-14/h5-7,10,13H,4,8-9,11,15H2,1-3H3. The molecular formula is C14H24N2. The molecule has 0 saturated heterocycles. The first-order chi connectivity index (χ1) is 7.67. The van der Waals surface area contributed by atoms with Crippen LogP contribution in [0.25, 0.3) is 0 Å². The van der Waals surface area contributed by atoms with Gasteiger partial charge < -0.3 is 10.6 Å². The van der Waals surface area contributed by atoms with E-state index in [0.717, 1.165) is 26.1 Å². The highest BCUT2D eigenvalue weighted by atomic mass is 15.1. The predicted molar refractivity (Wildman–Crippen MR) is 71.9 cm³/mol. The minimum absolute atomic E-state index is 0.658. The lowest BCUT2D eigenvalue weighted by Crippen LogP contribution is -2.29. The molecular weight excluding hydrogens is 196 g/mol. The molecule has 0 aliphatic heterocycles. The van der Waals surface area contributed by atoms with E-state index in [1.165, 1.54) is 11.3 Å². The van der Waals surface area contributed by atoms with Gasteiger partial charge in [-0.1, -0.05) is 19.1 Å². The zero-order chi connectivity index (χ0) is 12.0. The monoisotopic (exact) mass is 220 g/mol. The Balaban J connectivity index is 2.67. The molecule has 2 nitrogen and oxygen atoms in total. The van der Waals surface area contributed by atoms with Crippen molar-refractivity contribution in [3.63, 3.8) is 0 Å². The van der Waals surface area contributed by atoms with Crippen LogP contribution in [0.15, 0.2) is 24.3 Å². The lowest BCUT2D eigenvalue weighted by molar-refractivity contribution is 0.529. The Morgan fingerprint density at radius 1 is 1.38 bits per heavy atom. The molecule has 1 atom stereocenters. The fourth-order valence-electron chi connectivity index (χ4n) is 1.99. The number of benzene rings is 1. The normalized spacial score (nSPS) is 12.5. The Kier molecular flexibility index (Phi) is 5.33. The topological polar surface area (TPSA) is 29.3 Å². The van der Waals surface area contributed by atoms with Gasteiger partial charge in [-0.3, -0.25) is 0 Å². The van der Waals surface area contributed by atoms with E-state index in [2.05, 4.69) is 49.9 Å². The van der Waals surface area contributed by atoms with Crippen LogP contribution in [-0.4, -0.2) is 19.6 Å². The summed E-state index contributed by atoms with van der Waals surface area (Å²) in [6, 6.07) is 8.70. The zero-order valence-corrected chi connectivity index (χ0v) is 10.7. The van der Waals surface area contributed by atoms with E-state index >= 15 is 0 Å². The van der Waals surface area contributed by atoms with Gasteiger partial charge in [0.2, 0.25) is 0 Å². The van der Waals surface area contributed by atoms with E-state index in [0.29, 0.717) is 5.92 Å². The van der Waals surface area contributed by atoms with Gasteiger partial charge in [-0.25, -0.2) is 0 Å². The molecule has 0 aromatic heterocycles. The van der Waals surface area contributed by atoms with Crippen LogP contribution in [0.3, 0.4) is 0 Å². The van der Waals surface area contributed by atoms with E-state index in [-0.39, 0.29) is 0 Å². The van der Waals surface area contributed by atoms with Crippen molar-refractivity contribution in [2.24, 2.45) is 11.7 Å². The van der Waals surface area contributed by atoms with Gasteiger partial charge in [0, 0.05) is 18.8 Å². The number of nitrogens with zero attached hydrogens (tertiary/aromatic N) is 1. The minimum Gasteiger partial charge on any atom is -0.372 e. The molecule has 1 rings (SSSR count). The summed E-state index contributed by atoms with van der Waals surface area (Å²) in [6.07, 6.45) is 1.10. The summed E-state index contributed by atoms with van der Waals surface area (Å²) in [5.41, 5.74) is 8.24. The molecule has 0 radical (unpaired) electrons. The van der Waals surface area contributed by atoms with Crippen LogP contribution in [0.4, 0.5) is 5.69 Å². The maximum Gasteiger partial charge on any atom is 0.0368 e. The molecule has 90 valence electrons. The highest BCUT2D eigenvalue weighted by molar-refractivity contribution is 5.48. The molecule has 0 aliphatic rings. The third-order valence-electron chi connectivity index (χ3n) is 2.94. The van der Waals surface area contributed by atoms with Crippen LogP contribution in [0.1, 0.15) is 25.8 Å². The summed E-state index contributed by atoms with van der Waals surface area (Å²) in [7, 11) is 0. The third-order valence-corrected chi connectivity index (χ3v) is 2.94. The largest absolute Gasteiger partial charge is 0.372 e. The lowest BCUT2D eigenvalue weighted by Gasteiger charge is -2.26. The average Bonchev–Trinajstić information content (AvgIpc) is 2.26. The van der Waals surface area contributed by atoms with Gasteiger partial charge in [0.15, 0.2) is 0 Å². The first-order valence-corrected chi connectivity index (χ1v) is 6.19. The number of hydrogen-bond donors (Lipinski definition) is 1. The van der Waals surface area contributed by atoms with Gasteiger partial charge >= 0.3 is 0 Å². The van der Waals surface area contributed by atoms with Crippen LogP contribution < -0.4 is 10.6 Å². The lowest BCUT2D eigenvalue weighted by atomic mass is 10.1. The highest BCUT2D eigenvalue weighted by Gasteiger charge is 2.08. The van der Waals surface area contributed by atoms with Gasteiger partial charge in [-0.05, 0) is 50.4 Å². The summed E-state index contributed by atoms with van der Waals surface area (Å²) in [6.45, 7) is 9.55. The van der Waals surface area contributed by atoms with Crippen LogP contribution in [0.2, 0.25) is 0 Å². The Morgan fingerprint density at radius 3 is 2.69 bits per heavy atom. The molecule has 1 aromatic carbocycles. The molecule has 0 bridgehead atoms. The summed E-state index contributed by atoms with van der Waals surface area (Å²) in [5.74, 6) is 0.658. The molecule has 2 N–H and O–H groups in total. The molecule has 0 amide bonds. The first kappa shape index (κ1) is 13.0. The van der Waals surface area contributed by atoms with Crippen molar-refractivity contribution >= 4 is 5.69 Å². The van der Waals surface area contributed by atoms with Crippen molar-refractivity contribution in [3.8, 4) is 0 Å². The molecule has 0 spiro atoms. The van der Waals surface area contributed by atoms with Gasteiger partial charge in [0.05, 0.1) is 0 Å². The van der Waals surface area contributed by atoms with Crippen molar-refractivity contribution < 1.29 is 0 Å². The minimum atomic E-state index is 0.658. The molecule has 0 fully saturated rings. The van der Waals surface area contributed by atoms with Crippen LogP contribution in [-0.2, 0) is 0 Å². The molecule has 0 saturated carbocycles. The highest BCUT2D eigenvalue weighted by Crippen LogP contribution is 2.17. The first-order valence-electron chi connectivity index (χ1n) is 6.19. The molecule has 1 aromatic rings. The molecule has 0 aliphatic carbocycles. The van der Waals surface area contributed by atoms with Crippen molar-refractivity contribution in [1.29, 1.82) is 0 Å². The number of anilines is 1. The summed E-state index contributed by atoms with van der Waals surface area (Å²) in [4.78, 5) is 2.42. The SMILES string of the molecule is CCN(CC(C)CCN)c1cccc(C)c1. The summed E-state index contributed by atoms with van der Waals surface area (Å²) < 4.78 is 0. The van der Waals surface area contributed by atoms with Crippen LogP contribution in [0.5, 0.6) is 0 Å². The number of hydrogen-bond acceptors (Lipinski definition) is 2. The zero-order valence-electron chi connectivity index (χ0n) is 10.7. The second-order valence-electron chi connectivity index (χ2n) is 4.56. The fraction of sp³-hybridized carbons (Fsp3) is 0.571. The molecule has 16 heavy (non-hydrogen) atoms. The smallest absolute Gasteiger partial charge is 0.0368 e. The van der Waals surface area contributed by atoms with E-state index in [4.69, 9.17) is 5.73 Å². The second-order valence-corrected chi connectivity index (χ2v) is 4.56. The van der Waals surface area contributed by atoms with Gasteiger partial charge in [-0.2, -0.15) is 0 Å². The maximum absolute atomic E-state index is 5.59. The Bertz CT molecular complexity index is 309. The molecule has 1 unspecified atom stereocenters. The third kappa shape index (κ3) is 3.86. The Hall–Kier alpha value is -1.02. The van der Waals surface area contributed by atoms with E-state index in [9.17, 15) is 0 Å². The maximum atomic E-state index is 5.59. The molecule has 2 heteroatoms. The number of aryl methyl sites for hydroxylation is 1. The predicted octanol–water partition coefficient (Wildman–Crippen LogP) is 2.81.